The standard InChI is InChI=1S/C8H13F3INO/c9-8(10,11)6-7(14)13-5-3-1-2-4-12/h1-6H2,(H,13,14). The van der Waals surface area contributed by atoms with Gasteiger partial charge in [-0.25, -0.2) is 0 Å². The summed E-state index contributed by atoms with van der Waals surface area (Å²) in [5.74, 6) is -0.938. The number of hydrogen-bond acceptors (Lipinski definition) is 1. The zero-order valence-electron chi connectivity index (χ0n) is 7.66. The van der Waals surface area contributed by atoms with E-state index in [1.165, 1.54) is 0 Å². The largest absolute Gasteiger partial charge is 0.397 e. The maximum absolute atomic E-state index is 11.7. The van der Waals surface area contributed by atoms with E-state index in [1.807, 2.05) is 0 Å². The van der Waals surface area contributed by atoms with Crippen molar-refractivity contribution in [3.63, 3.8) is 0 Å². The highest BCUT2D eigenvalue weighted by molar-refractivity contribution is 14.1. The molecular weight excluding hydrogens is 310 g/mol. The molecule has 0 bridgehead atoms. The minimum atomic E-state index is -4.40. The average molecular weight is 323 g/mol. The van der Waals surface area contributed by atoms with Crippen molar-refractivity contribution < 1.29 is 18.0 Å². The lowest BCUT2D eigenvalue weighted by molar-refractivity contribution is -0.153. The van der Waals surface area contributed by atoms with Gasteiger partial charge in [0.2, 0.25) is 5.91 Å². The average Bonchev–Trinajstić information content (AvgIpc) is 2.00. The van der Waals surface area contributed by atoms with Gasteiger partial charge < -0.3 is 5.32 Å². The van der Waals surface area contributed by atoms with E-state index in [2.05, 4.69) is 27.9 Å². The predicted molar refractivity (Wildman–Crippen MR) is 56.4 cm³/mol. The molecule has 14 heavy (non-hydrogen) atoms. The Labute approximate surface area is 94.8 Å². The molecule has 1 amide bonds. The third-order valence-electron chi connectivity index (χ3n) is 1.49. The van der Waals surface area contributed by atoms with Gasteiger partial charge in [0.25, 0.3) is 0 Å². The van der Waals surface area contributed by atoms with Gasteiger partial charge in [-0.05, 0) is 17.3 Å². The van der Waals surface area contributed by atoms with E-state index in [9.17, 15) is 18.0 Å². The third kappa shape index (κ3) is 10.1. The summed E-state index contributed by atoms with van der Waals surface area (Å²) in [7, 11) is 0. The summed E-state index contributed by atoms with van der Waals surface area (Å²) in [6.45, 7) is 0.339. The maximum Gasteiger partial charge on any atom is 0.397 e. The summed E-state index contributed by atoms with van der Waals surface area (Å²) >= 11 is 2.23. The highest BCUT2D eigenvalue weighted by Gasteiger charge is 2.30. The molecule has 0 unspecified atom stereocenters. The third-order valence-corrected chi connectivity index (χ3v) is 2.26. The van der Waals surface area contributed by atoms with Crippen molar-refractivity contribution in [3.8, 4) is 0 Å². The van der Waals surface area contributed by atoms with Crippen LogP contribution in [0.4, 0.5) is 13.2 Å². The normalized spacial score (nSPS) is 11.4. The number of nitrogens with one attached hydrogen (secondary N) is 1. The van der Waals surface area contributed by atoms with Crippen molar-refractivity contribution in [2.75, 3.05) is 11.0 Å². The van der Waals surface area contributed by atoms with Crippen LogP contribution in [0.25, 0.3) is 0 Å². The quantitative estimate of drug-likeness (QED) is 0.454. The number of rotatable bonds is 6. The molecule has 2 nitrogen and oxygen atoms in total. The maximum atomic E-state index is 11.7. The fourth-order valence-corrected chi connectivity index (χ4v) is 1.41. The minimum absolute atomic E-state index is 0.339. The van der Waals surface area contributed by atoms with Crippen LogP contribution in [-0.4, -0.2) is 23.1 Å². The van der Waals surface area contributed by atoms with Gasteiger partial charge in [-0.15, -0.1) is 0 Å². The second-order valence-electron chi connectivity index (χ2n) is 2.89. The van der Waals surface area contributed by atoms with Crippen molar-refractivity contribution in [3.05, 3.63) is 0 Å². The second-order valence-corrected chi connectivity index (χ2v) is 3.97. The molecule has 6 heteroatoms. The summed E-state index contributed by atoms with van der Waals surface area (Å²) in [4.78, 5) is 10.7. The van der Waals surface area contributed by atoms with Crippen LogP contribution in [0, 0.1) is 0 Å². The van der Waals surface area contributed by atoms with Crippen LogP contribution in [0.15, 0.2) is 0 Å². The molecule has 0 radical (unpaired) electrons. The Morgan fingerprint density at radius 3 is 2.36 bits per heavy atom. The Morgan fingerprint density at radius 2 is 1.86 bits per heavy atom. The van der Waals surface area contributed by atoms with E-state index in [-0.39, 0.29) is 0 Å². The van der Waals surface area contributed by atoms with Crippen LogP contribution >= 0.6 is 22.6 Å². The smallest absolute Gasteiger partial charge is 0.356 e. The monoisotopic (exact) mass is 323 g/mol. The molecule has 0 heterocycles. The lowest BCUT2D eigenvalue weighted by atomic mass is 10.2. The van der Waals surface area contributed by atoms with Crippen molar-refractivity contribution in [2.24, 2.45) is 0 Å². The number of unbranched alkanes of at least 4 members (excludes halogenated alkanes) is 2. The van der Waals surface area contributed by atoms with Gasteiger partial charge in [0.05, 0.1) is 0 Å². The first-order valence-corrected chi connectivity index (χ1v) is 5.87. The number of hydrogen-bond donors (Lipinski definition) is 1. The van der Waals surface area contributed by atoms with Gasteiger partial charge >= 0.3 is 6.18 Å². The van der Waals surface area contributed by atoms with Crippen LogP contribution in [0.2, 0.25) is 0 Å². The van der Waals surface area contributed by atoms with Crippen LogP contribution in [0.1, 0.15) is 25.7 Å². The Hall–Kier alpha value is -0.0100. The molecule has 0 aliphatic heterocycles. The van der Waals surface area contributed by atoms with Gasteiger partial charge in [-0.1, -0.05) is 29.0 Å². The molecule has 1 N–H and O–H groups in total. The molecule has 0 aromatic carbocycles. The number of carbonyl (C=O) groups is 1. The molecule has 84 valence electrons. The van der Waals surface area contributed by atoms with Crippen molar-refractivity contribution in [1.29, 1.82) is 0 Å². The molecule has 0 saturated carbocycles. The Bertz CT molecular complexity index is 172. The number of carbonyl (C=O) groups excluding carboxylic acids is 1. The Balaban J connectivity index is 3.36. The van der Waals surface area contributed by atoms with E-state index >= 15 is 0 Å². The summed E-state index contributed by atoms with van der Waals surface area (Å²) in [5.41, 5.74) is 0. The summed E-state index contributed by atoms with van der Waals surface area (Å²) in [6.07, 6.45) is -3.05. The molecule has 0 rings (SSSR count). The number of halogens is 4. The molecule has 0 spiro atoms. The van der Waals surface area contributed by atoms with Crippen molar-refractivity contribution >= 4 is 28.5 Å². The van der Waals surface area contributed by atoms with E-state index in [1.54, 1.807) is 0 Å². The number of alkyl halides is 4. The SMILES string of the molecule is O=C(CC(F)(F)F)NCCCCCI. The lowest BCUT2D eigenvalue weighted by Crippen LogP contribution is -2.29. The molecular formula is C8H13F3INO. The molecule has 0 aromatic rings. The summed E-state index contributed by atoms with van der Waals surface area (Å²) < 4.78 is 36.1. The van der Waals surface area contributed by atoms with E-state index in [4.69, 9.17) is 0 Å². The molecule has 0 aliphatic carbocycles. The van der Waals surface area contributed by atoms with E-state index in [0.717, 1.165) is 23.7 Å². The fourth-order valence-electron chi connectivity index (χ4n) is 0.869. The summed E-state index contributed by atoms with van der Waals surface area (Å²) in [6, 6.07) is 0. The molecule has 0 aliphatic rings. The van der Waals surface area contributed by atoms with Gasteiger partial charge in [0.1, 0.15) is 6.42 Å². The number of amides is 1. The van der Waals surface area contributed by atoms with E-state index in [0.29, 0.717) is 6.54 Å². The van der Waals surface area contributed by atoms with Crippen molar-refractivity contribution in [1.82, 2.24) is 5.32 Å². The van der Waals surface area contributed by atoms with Gasteiger partial charge in [-0.2, -0.15) is 13.2 Å². The van der Waals surface area contributed by atoms with Crippen LogP contribution < -0.4 is 5.32 Å². The first kappa shape index (κ1) is 14.0. The Kier molecular flexibility index (Phi) is 7.30. The first-order valence-electron chi connectivity index (χ1n) is 4.35. The molecule has 0 saturated heterocycles. The van der Waals surface area contributed by atoms with Crippen LogP contribution in [0.5, 0.6) is 0 Å². The highest BCUT2D eigenvalue weighted by atomic mass is 127. The predicted octanol–water partition coefficient (Wildman–Crippen LogP) is 2.66. The van der Waals surface area contributed by atoms with Crippen molar-refractivity contribution in [2.45, 2.75) is 31.9 Å². The molecule has 0 atom stereocenters. The van der Waals surface area contributed by atoms with Gasteiger partial charge in [-0.3, -0.25) is 4.79 Å². The van der Waals surface area contributed by atoms with E-state index < -0.39 is 18.5 Å². The Morgan fingerprint density at radius 1 is 1.21 bits per heavy atom. The second kappa shape index (κ2) is 7.30. The van der Waals surface area contributed by atoms with Gasteiger partial charge in [0.15, 0.2) is 0 Å². The fraction of sp³-hybridized carbons (Fsp3) is 0.875. The summed E-state index contributed by atoms with van der Waals surface area (Å²) in [5, 5.41) is 2.24. The highest BCUT2D eigenvalue weighted by Crippen LogP contribution is 2.18. The molecule has 0 fully saturated rings. The van der Waals surface area contributed by atoms with Crippen LogP contribution in [-0.2, 0) is 4.79 Å². The topological polar surface area (TPSA) is 29.1 Å². The first-order chi connectivity index (χ1) is 6.45. The van der Waals surface area contributed by atoms with Gasteiger partial charge in [0, 0.05) is 6.54 Å². The zero-order valence-corrected chi connectivity index (χ0v) is 9.82. The lowest BCUT2D eigenvalue weighted by Gasteiger charge is -2.07. The van der Waals surface area contributed by atoms with Crippen LogP contribution in [0.3, 0.4) is 0 Å². The molecule has 0 aromatic heterocycles. The zero-order chi connectivity index (χ0) is 11.0. The minimum Gasteiger partial charge on any atom is -0.356 e.